The molecule has 82 valence electrons. The van der Waals surface area contributed by atoms with E-state index >= 15 is 0 Å². The van der Waals surface area contributed by atoms with Gasteiger partial charge in [-0.05, 0) is 5.56 Å². The molecule has 0 fully saturated rings. The standard InChI is InChI=1S/C12H11ClN2O/c13-6-12(16)11-7-14-15(9-11)8-10-4-2-1-3-5-10/h1-5,7,9H,6,8H2. The summed E-state index contributed by atoms with van der Waals surface area (Å²) >= 11 is 5.47. The van der Waals surface area contributed by atoms with E-state index in [4.69, 9.17) is 11.6 Å². The Morgan fingerprint density at radius 2 is 2.06 bits per heavy atom. The van der Waals surface area contributed by atoms with Gasteiger partial charge in [-0.3, -0.25) is 9.48 Å². The van der Waals surface area contributed by atoms with Gasteiger partial charge < -0.3 is 0 Å². The molecule has 0 bridgehead atoms. The molecule has 0 aliphatic heterocycles. The van der Waals surface area contributed by atoms with Crippen molar-refractivity contribution >= 4 is 17.4 Å². The van der Waals surface area contributed by atoms with Gasteiger partial charge in [-0.2, -0.15) is 5.10 Å². The molecule has 3 nitrogen and oxygen atoms in total. The summed E-state index contributed by atoms with van der Waals surface area (Å²) in [5.41, 5.74) is 1.71. The first kappa shape index (κ1) is 10.9. The summed E-state index contributed by atoms with van der Waals surface area (Å²) in [7, 11) is 0. The second-order valence-corrected chi connectivity index (χ2v) is 3.74. The summed E-state index contributed by atoms with van der Waals surface area (Å²) < 4.78 is 1.73. The van der Waals surface area contributed by atoms with Gasteiger partial charge in [0.1, 0.15) is 0 Å². The Kier molecular flexibility index (Phi) is 3.37. The number of benzene rings is 1. The van der Waals surface area contributed by atoms with Crippen LogP contribution in [0.3, 0.4) is 0 Å². The van der Waals surface area contributed by atoms with Crippen LogP contribution < -0.4 is 0 Å². The summed E-state index contributed by atoms with van der Waals surface area (Å²) in [5, 5.41) is 4.12. The number of carbonyl (C=O) groups excluding carboxylic acids is 1. The minimum Gasteiger partial charge on any atom is -0.293 e. The Morgan fingerprint density at radius 3 is 2.75 bits per heavy atom. The van der Waals surface area contributed by atoms with Crippen LogP contribution in [0.15, 0.2) is 42.7 Å². The molecule has 2 rings (SSSR count). The lowest BCUT2D eigenvalue weighted by atomic mass is 10.2. The zero-order valence-electron chi connectivity index (χ0n) is 8.64. The van der Waals surface area contributed by atoms with E-state index < -0.39 is 0 Å². The Bertz CT molecular complexity index is 479. The zero-order valence-corrected chi connectivity index (χ0v) is 9.39. The quantitative estimate of drug-likeness (QED) is 0.601. The summed E-state index contributed by atoms with van der Waals surface area (Å²) in [4.78, 5) is 11.3. The molecule has 16 heavy (non-hydrogen) atoms. The smallest absolute Gasteiger partial charge is 0.180 e. The first-order chi connectivity index (χ1) is 7.79. The third-order valence-electron chi connectivity index (χ3n) is 2.26. The van der Waals surface area contributed by atoms with Crippen LogP contribution in [-0.4, -0.2) is 21.4 Å². The molecule has 1 aromatic heterocycles. The second kappa shape index (κ2) is 4.94. The minimum absolute atomic E-state index is 0.00295. The van der Waals surface area contributed by atoms with E-state index in [0.29, 0.717) is 12.1 Å². The Morgan fingerprint density at radius 1 is 1.31 bits per heavy atom. The summed E-state index contributed by atoms with van der Waals surface area (Å²) in [6, 6.07) is 9.96. The van der Waals surface area contributed by atoms with Crippen LogP contribution in [0.25, 0.3) is 0 Å². The monoisotopic (exact) mass is 234 g/mol. The molecule has 0 saturated carbocycles. The number of hydrogen-bond donors (Lipinski definition) is 0. The van der Waals surface area contributed by atoms with Gasteiger partial charge in [0, 0.05) is 6.20 Å². The average Bonchev–Trinajstić information content (AvgIpc) is 2.78. The normalized spacial score (nSPS) is 10.3. The number of Topliss-reactive ketones (excluding diaryl/α,β-unsaturated/α-hetero) is 1. The Balaban J connectivity index is 2.12. The summed E-state index contributed by atoms with van der Waals surface area (Å²) in [6.07, 6.45) is 3.27. The van der Waals surface area contributed by atoms with Gasteiger partial charge in [-0.15, -0.1) is 11.6 Å². The summed E-state index contributed by atoms with van der Waals surface area (Å²) in [6.45, 7) is 0.663. The van der Waals surface area contributed by atoms with Crippen molar-refractivity contribution in [1.82, 2.24) is 9.78 Å². The molecule has 1 aromatic carbocycles. The van der Waals surface area contributed by atoms with E-state index in [1.54, 1.807) is 17.1 Å². The molecule has 0 amide bonds. The molecule has 0 spiro atoms. The van der Waals surface area contributed by atoms with Crippen LogP contribution in [0, 0.1) is 0 Å². The van der Waals surface area contributed by atoms with Crippen molar-refractivity contribution in [3.05, 3.63) is 53.9 Å². The molecule has 0 aliphatic carbocycles. The molecule has 0 atom stereocenters. The van der Waals surface area contributed by atoms with Gasteiger partial charge in [-0.1, -0.05) is 30.3 Å². The maximum Gasteiger partial charge on any atom is 0.180 e. The molecule has 2 aromatic rings. The molecular weight excluding hydrogens is 224 g/mol. The lowest BCUT2D eigenvalue weighted by Crippen LogP contribution is -2.01. The number of ketones is 1. The number of aromatic nitrogens is 2. The van der Waals surface area contributed by atoms with Crippen LogP contribution in [-0.2, 0) is 6.54 Å². The highest BCUT2D eigenvalue weighted by molar-refractivity contribution is 6.30. The third-order valence-corrected chi connectivity index (χ3v) is 2.51. The van der Waals surface area contributed by atoms with Gasteiger partial charge in [-0.25, -0.2) is 0 Å². The molecule has 0 saturated heterocycles. The van der Waals surface area contributed by atoms with Crippen LogP contribution in [0.2, 0.25) is 0 Å². The summed E-state index contributed by atoms with van der Waals surface area (Å²) in [5.74, 6) is -0.0993. The van der Waals surface area contributed by atoms with Gasteiger partial charge in [0.15, 0.2) is 5.78 Å². The van der Waals surface area contributed by atoms with Crippen molar-refractivity contribution in [2.75, 3.05) is 5.88 Å². The first-order valence-corrected chi connectivity index (χ1v) is 5.48. The van der Waals surface area contributed by atoms with Crippen LogP contribution >= 0.6 is 11.6 Å². The van der Waals surface area contributed by atoms with Crippen molar-refractivity contribution in [2.45, 2.75) is 6.54 Å². The van der Waals surface area contributed by atoms with E-state index in [9.17, 15) is 4.79 Å². The molecule has 0 radical (unpaired) electrons. The molecule has 0 unspecified atom stereocenters. The topological polar surface area (TPSA) is 34.9 Å². The molecular formula is C12H11ClN2O. The fraction of sp³-hybridized carbons (Fsp3) is 0.167. The maximum absolute atomic E-state index is 11.3. The first-order valence-electron chi connectivity index (χ1n) is 4.95. The molecule has 1 heterocycles. The molecule has 0 N–H and O–H groups in total. The zero-order chi connectivity index (χ0) is 11.4. The van der Waals surface area contributed by atoms with Crippen molar-refractivity contribution in [3.63, 3.8) is 0 Å². The van der Waals surface area contributed by atoms with Gasteiger partial charge in [0.2, 0.25) is 0 Å². The van der Waals surface area contributed by atoms with E-state index in [2.05, 4.69) is 5.10 Å². The largest absolute Gasteiger partial charge is 0.293 e. The fourth-order valence-corrected chi connectivity index (χ4v) is 1.60. The SMILES string of the molecule is O=C(CCl)c1cnn(Cc2ccccc2)c1. The lowest BCUT2D eigenvalue weighted by Gasteiger charge is -2.00. The molecule has 4 heteroatoms. The Hall–Kier alpha value is -1.61. The highest BCUT2D eigenvalue weighted by Crippen LogP contribution is 2.05. The fourth-order valence-electron chi connectivity index (χ4n) is 1.44. The highest BCUT2D eigenvalue weighted by atomic mass is 35.5. The predicted molar refractivity (Wildman–Crippen MR) is 62.8 cm³/mol. The minimum atomic E-state index is -0.0963. The van der Waals surface area contributed by atoms with Crippen molar-refractivity contribution in [1.29, 1.82) is 0 Å². The predicted octanol–water partition coefficient (Wildman–Crippen LogP) is 2.35. The number of halogens is 1. The van der Waals surface area contributed by atoms with Crippen LogP contribution in [0.1, 0.15) is 15.9 Å². The number of rotatable bonds is 4. The van der Waals surface area contributed by atoms with Gasteiger partial charge in [0.05, 0.1) is 24.2 Å². The van der Waals surface area contributed by atoms with Crippen LogP contribution in [0.5, 0.6) is 0 Å². The Labute approximate surface area is 98.7 Å². The van der Waals surface area contributed by atoms with E-state index in [1.165, 1.54) is 0 Å². The van der Waals surface area contributed by atoms with E-state index in [-0.39, 0.29) is 11.7 Å². The maximum atomic E-state index is 11.3. The van der Waals surface area contributed by atoms with Crippen molar-refractivity contribution in [3.8, 4) is 0 Å². The second-order valence-electron chi connectivity index (χ2n) is 3.47. The molecule has 0 aliphatic rings. The number of hydrogen-bond acceptors (Lipinski definition) is 2. The lowest BCUT2D eigenvalue weighted by molar-refractivity contribution is 0.102. The number of alkyl halides is 1. The average molecular weight is 235 g/mol. The van der Waals surface area contributed by atoms with Gasteiger partial charge >= 0.3 is 0 Å². The number of carbonyl (C=O) groups is 1. The number of nitrogens with zero attached hydrogens (tertiary/aromatic N) is 2. The van der Waals surface area contributed by atoms with Gasteiger partial charge in [0.25, 0.3) is 0 Å². The van der Waals surface area contributed by atoms with Crippen LogP contribution in [0.4, 0.5) is 0 Å². The van der Waals surface area contributed by atoms with Crippen molar-refractivity contribution < 1.29 is 4.79 Å². The third kappa shape index (κ3) is 2.49. The van der Waals surface area contributed by atoms with Crippen molar-refractivity contribution in [2.24, 2.45) is 0 Å². The highest BCUT2D eigenvalue weighted by Gasteiger charge is 2.06. The van der Waals surface area contributed by atoms with E-state index in [0.717, 1.165) is 5.56 Å². The van der Waals surface area contributed by atoms with E-state index in [1.807, 2.05) is 30.3 Å².